The van der Waals surface area contributed by atoms with Crippen molar-refractivity contribution in [3.8, 4) is 0 Å². The van der Waals surface area contributed by atoms with E-state index in [2.05, 4.69) is 5.32 Å². The van der Waals surface area contributed by atoms with Crippen LogP contribution >= 0.6 is 0 Å². The van der Waals surface area contributed by atoms with Gasteiger partial charge < -0.3 is 10.1 Å². The second kappa shape index (κ2) is 4.97. The molecule has 4 nitrogen and oxygen atoms in total. The number of amides is 1. The average Bonchev–Trinajstić information content (AvgIpc) is 2.18. The minimum absolute atomic E-state index is 0.122. The number of hydrogen-bond acceptors (Lipinski definition) is 3. The highest BCUT2D eigenvalue weighted by Crippen LogP contribution is 2.05. The number of carbonyl (C=O) groups is 2. The highest BCUT2D eigenvalue weighted by Gasteiger charge is 2.18. The highest BCUT2D eigenvalue weighted by molar-refractivity contribution is 6.36. The predicted molar refractivity (Wildman–Crippen MR) is 47.3 cm³/mol. The van der Waals surface area contributed by atoms with Crippen LogP contribution < -0.4 is 5.32 Å². The zero-order valence-electron chi connectivity index (χ0n) is 7.84. The monoisotopic (exact) mass is 185 g/mol. The fourth-order valence-corrected chi connectivity index (χ4v) is 1.27. The van der Waals surface area contributed by atoms with Crippen LogP contribution in [-0.2, 0) is 14.3 Å². The van der Waals surface area contributed by atoms with Gasteiger partial charge in [-0.3, -0.25) is 9.59 Å². The molecule has 1 fully saturated rings. The van der Waals surface area contributed by atoms with Crippen LogP contribution in [0.1, 0.15) is 26.2 Å². The molecule has 1 heterocycles. The van der Waals surface area contributed by atoms with E-state index in [1.807, 2.05) is 0 Å². The molecule has 1 N–H and O–H groups in total. The highest BCUT2D eigenvalue weighted by atomic mass is 16.5. The van der Waals surface area contributed by atoms with Crippen LogP contribution in [0.5, 0.6) is 0 Å². The second-order valence-corrected chi connectivity index (χ2v) is 3.14. The Balaban J connectivity index is 2.30. The molecule has 1 saturated heterocycles. The van der Waals surface area contributed by atoms with Gasteiger partial charge in [-0.15, -0.1) is 0 Å². The first-order valence-corrected chi connectivity index (χ1v) is 4.65. The Morgan fingerprint density at radius 1 is 1.38 bits per heavy atom. The Morgan fingerprint density at radius 2 is 2.00 bits per heavy atom. The van der Waals surface area contributed by atoms with Crippen molar-refractivity contribution in [2.75, 3.05) is 13.2 Å². The van der Waals surface area contributed by atoms with Gasteiger partial charge in [0.2, 0.25) is 5.78 Å². The maximum absolute atomic E-state index is 11.1. The van der Waals surface area contributed by atoms with Crippen LogP contribution in [0, 0.1) is 0 Å². The van der Waals surface area contributed by atoms with Crippen molar-refractivity contribution in [1.82, 2.24) is 5.32 Å². The number of carbonyl (C=O) groups excluding carboxylic acids is 2. The lowest BCUT2D eigenvalue weighted by Gasteiger charge is -2.22. The first kappa shape index (κ1) is 10.2. The Labute approximate surface area is 77.6 Å². The fraction of sp³-hybridized carbons (Fsp3) is 0.778. The van der Waals surface area contributed by atoms with Crippen LogP contribution in [0.2, 0.25) is 0 Å². The molecule has 0 spiro atoms. The molecule has 0 unspecified atom stereocenters. The van der Waals surface area contributed by atoms with Gasteiger partial charge in [-0.2, -0.15) is 0 Å². The summed E-state index contributed by atoms with van der Waals surface area (Å²) in [6.45, 7) is 3.03. The largest absolute Gasteiger partial charge is 0.381 e. The lowest BCUT2D eigenvalue weighted by molar-refractivity contribution is -0.138. The summed E-state index contributed by atoms with van der Waals surface area (Å²) in [5.74, 6) is -0.791. The van der Waals surface area contributed by atoms with Crippen LogP contribution in [0.25, 0.3) is 0 Å². The summed E-state index contributed by atoms with van der Waals surface area (Å²) in [6, 6.07) is 0.122. The molecule has 13 heavy (non-hydrogen) atoms. The molecule has 1 aliphatic heterocycles. The molecule has 0 radical (unpaired) electrons. The third kappa shape index (κ3) is 3.14. The molecule has 1 rings (SSSR count). The maximum atomic E-state index is 11.1. The SMILES string of the molecule is CCC(=O)C(=O)NC1CCOCC1. The topological polar surface area (TPSA) is 55.4 Å². The van der Waals surface area contributed by atoms with Gasteiger partial charge in [0.15, 0.2) is 0 Å². The number of rotatable bonds is 3. The molecule has 0 aromatic rings. The predicted octanol–water partition coefficient (Wildman–Crippen LogP) is 0.261. The van der Waals surface area contributed by atoms with Gasteiger partial charge in [0.05, 0.1) is 0 Å². The molecule has 0 aromatic carbocycles. The van der Waals surface area contributed by atoms with E-state index < -0.39 is 5.91 Å². The van der Waals surface area contributed by atoms with E-state index in [0.29, 0.717) is 13.2 Å². The zero-order chi connectivity index (χ0) is 9.68. The van der Waals surface area contributed by atoms with E-state index in [0.717, 1.165) is 12.8 Å². The van der Waals surface area contributed by atoms with Gasteiger partial charge in [0, 0.05) is 25.7 Å². The van der Waals surface area contributed by atoms with Crippen LogP contribution in [0.4, 0.5) is 0 Å². The first-order valence-electron chi connectivity index (χ1n) is 4.65. The van der Waals surface area contributed by atoms with Gasteiger partial charge in [0.25, 0.3) is 5.91 Å². The molecule has 0 bridgehead atoms. The Kier molecular flexibility index (Phi) is 3.89. The van der Waals surface area contributed by atoms with Crippen molar-refractivity contribution in [2.45, 2.75) is 32.2 Å². The minimum atomic E-state index is -0.450. The number of ether oxygens (including phenoxy) is 1. The second-order valence-electron chi connectivity index (χ2n) is 3.14. The molecule has 74 valence electrons. The van der Waals surface area contributed by atoms with Crippen molar-refractivity contribution in [3.63, 3.8) is 0 Å². The molecule has 0 atom stereocenters. The Morgan fingerprint density at radius 3 is 2.54 bits per heavy atom. The zero-order valence-corrected chi connectivity index (χ0v) is 7.84. The van der Waals surface area contributed by atoms with Gasteiger partial charge in [-0.25, -0.2) is 0 Å². The molecule has 4 heteroatoms. The summed E-state index contributed by atoms with van der Waals surface area (Å²) in [6.07, 6.45) is 1.89. The van der Waals surface area contributed by atoms with Crippen LogP contribution in [0.15, 0.2) is 0 Å². The quantitative estimate of drug-likeness (QED) is 0.642. The summed E-state index contributed by atoms with van der Waals surface area (Å²) in [4.78, 5) is 22.1. The van der Waals surface area contributed by atoms with E-state index in [1.54, 1.807) is 6.92 Å². The van der Waals surface area contributed by atoms with Crippen molar-refractivity contribution >= 4 is 11.7 Å². The molecule has 1 aliphatic rings. The number of hydrogen-bond donors (Lipinski definition) is 1. The summed E-state index contributed by atoms with van der Waals surface area (Å²) in [5.41, 5.74) is 0. The number of ketones is 1. The van der Waals surface area contributed by atoms with E-state index in [-0.39, 0.29) is 18.2 Å². The van der Waals surface area contributed by atoms with Crippen molar-refractivity contribution in [1.29, 1.82) is 0 Å². The smallest absolute Gasteiger partial charge is 0.287 e. The van der Waals surface area contributed by atoms with Crippen molar-refractivity contribution in [2.24, 2.45) is 0 Å². The maximum Gasteiger partial charge on any atom is 0.287 e. The third-order valence-electron chi connectivity index (χ3n) is 2.13. The standard InChI is InChI=1S/C9H15NO3/c1-2-8(11)9(12)10-7-3-5-13-6-4-7/h7H,2-6H2,1H3,(H,10,12). The van der Waals surface area contributed by atoms with Crippen molar-refractivity contribution in [3.05, 3.63) is 0 Å². The van der Waals surface area contributed by atoms with E-state index in [4.69, 9.17) is 4.74 Å². The summed E-state index contributed by atoms with van der Waals surface area (Å²) >= 11 is 0. The molecule has 1 amide bonds. The van der Waals surface area contributed by atoms with Crippen molar-refractivity contribution < 1.29 is 14.3 Å². The van der Waals surface area contributed by atoms with Crippen LogP contribution in [0.3, 0.4) is 0 Å². The van der Waals surface area contributed by atoms with Gasteiger partial charge >= 0.3 is 0 Å². The summed E-state index contributed by atoms with van der Waals surface area (Å²) < 4.78 is 5.13. The van der Waals surface area contributed by atoms with E-state index in [1.165, 1.54) is 0 Å². The molecular formula is C9H15NO3. The number of nitrogens with one attached hydrogen (secondary N) is 1. The average molecular weight is 185 g/mol. The lowest BCUT2D eigenvalue weighted by atomic mass is 10.1. The molecule has 0 aliphatic carbocycles. The Hall–Kier alpha value is -0.900. The van der Waals surface area contributed by atoms with E-state index >= 15 is 0 Å². The van der Waals surface area contributed by atoms with Gasteiger partial charge in [-0.1, -0.05) is 6.92 Å². The first-order chi connectivity index (χ1) is 6.24. The normalized spacial score (nSPS) is 18.2. The number of Topliss-reactive ketones (excluding diaryl/α,β-unsaturated/α-hetero) is 1. The molecule has 0 saturated carbocycles. The fourth-order valence-electron chi connectivity index (χ4n) is 1.27. The summed E-state index contributed by atoms with van der Waals surface area (Å²) in [7, 11) is 0. The molecule has 0 aromatic heterocycles. The van der Waals surface area contributed by atoms with Crippen LogP contribution in [-0.4, -0.2) is 30.9 Å². The van der Waals surface area contributed by atoms with Gasteiger partial charge in [0.1, 0.15) is 0 Å². The molecular weight excluding hydrogens is 170 g/mol. The van der Waals surface area contributed by atoms with E-state index in [9.17, 15) is 9.59 Å². The summed E-state index contributed by atoms with van der Waals surface area (Å²) in [5, 5.41) is 2.70. The lowest BCUT2D eigenvalue weighted by Crippen LogP contribution is -2.42. The van der Waals surface area contributed by atoms with Gasteiger partial charge in [-0.05, 0) is 12.8 Å². The third-order valence-corrected chi connectivity index (χ3v) is 2.13. The Bertz CT molecular complexity index is 197. The minimum Gasteiger partial charge on any atom is -0.381 e.